The van der Waals surface area contributed by atoms with Crippen LogP contribution in [0.3, 0.4) is 0 Å². The third kappa shape index (κ3) is 4.68. The summed E-state index contributed by atoms with van der Waals surface area (Å²) in [6.07, 6.45) is 1.25. The number of rotatable bonds is 8. The topological polar surface area (TPSA) is 87.4 Å². The van der Waals surface area contributed by atoms with E-state index in [0.29, 0.717) is 0 Å². The van der Waals surface area contributed by atoms with E-state index < -0.39 is 39.8 Å². The Labute approximate surface area is 116 Å². The van der Waals surface area contributed by atoms with Crippen molar-refractivity contribution in [3.8, 4) is 6.07 Å². The molecule has 0 aromatic carbocycles. The molecule has 0 aliphatic heterocycles. The Kier molecular flexibility index (Phi) is 6.79. The number of carbonyl (C=O) groups is 2. The molecule has 1 N–H and O–H groups in total. The lowest BCUT2D eigenvalue weighted by atomic mass is 10.3. The van der Waals surface area contributed by atoms with Gasteiger partial charge in [-0.05, 0) is 32.2 Å². The summed E-state index contributed by atoms with van der Waals surface area (Å²) in [5.74, 6) is 0. The number of aliphatic hydroxyl groups excluding tert-OH is 1. The number of hydrogen-bond acceptors (Lipinski definition) is 5. The van der Waals surface area contributed by atoms with Crippen molar-refractivity contribution in [2.45, 2.75) is 31.7 Å². The van der Waals surface area contributed by atoms with Gasteiger partial charge >= 0.3 is 9.04 Å². The average Bonchev–Trinajstić information content (AvgIpc) is 2.34. The number of nitriles is 1. The maximum atomic E-state index is 11.7. The molecule has 2 atom stereocenters. The van der Waals surface area contributed by atoms with Gasteiger partial charge < -0.3 is 9.22 Å². The Morgan fingerprint density at radius 3 is 2.05 bits per heavy atom. The number of hydrogen-bond donors (Lipinski definition) is 1. The van der Waals surface area contributed by atoms with E-state index in [-0.39, 0.29) is 0 Å². The van der Waals surface area contributed by atoms with Gasteiger partial charge in [0, 0.05) is 0 Å². The highest BCUT2D eigenvalue weighted by molar-refractivity contribution is 7.12. The van der Waals surface area contributed by atoms with E-state index in [9.17, 15) is 14.7 Å². The van der Waals surface area contributed by atoms with Gasteiger partial charge in [0.1, 0.15) is 0 Å². The Morgan fingerprint density at radius 1 is 1.37 bits per heavy atom. The van der Waals surface area contributed by atoms with Crippen LogP contribution in [0.2, 0.25) is 18.6 Å². The van der Waals surface area contributed by atoms with Crippen LogP contribution in [-0.2, 0) is 13.7 Å². The molecule has 0 rings (SSSR count). The average molecular weight is 297 g/mol. The minimum atomic E-state index is -2.87. The van der Waals surface area contributed by atoms with E-state index in [2.05, 4.69) is 13.2 Å². The van der Waals surface area contributed by atoms with E-state index in [1.807, 2.05) is 6.07 Å². The Hall–Kier alpha value is -1.34. The largest absolute Gasteiger partial charge is 0.446 e. The SMILES string of the molecule is C=CC(=O)[SiH](O[Si](C)(C)C(C#N)C(C)O)C(=O)C=C. The first kappa shape index (κ1) is 17.7. The van der Waals surface area contributed by atoms with Crippen molar-refractivity contribution in [1.29, 1.82) is 5.26 Å². The van der Waals surface area contributed by atoms with Crippen molar-refractivity contribution >= 4 is 28.2 Å². The number of allylic oxidation sites excluding steroid dienone is 2. The summed E-state index contributed by atoms with van der Waals surface area (Å²) < 4.78 is 5.71. The number of aliphatic hydroxyl groups is 1. The Morgan fingerprint density at radius 2 is 1.79 bits per heavy atom. The quantitative estimate of drug-likeness (QED) is 0.529. The molecule has 0 aliphatic carbocycles. The van der Waals surface area contributed by atoms with Crippen molar-refractivity contribution < 1.29 is 18.8 Å². The fraction of sp³-hybridized carbons (Fsp3) is 0.417. The predicted molar refractivity (Wildman–Crippen MR) is 77.2 cm³/mol. The monoisotopic (exact) mass is 297 g/mol. The first-order chi connectivity index (χ1) is 8.71. The number of nitrogens with zero attached hydrogens (tertiary/aromatic N) is 1. The summed E-state index contributed by atoms with van der Waals surface area (Å²) in [6.45, 7) is 11.6. The van der Waals surface area contributed by atoms with E-state index in [0.717, 1.165) is 12.2 Å². The van der Waals surface area contributed by atoms with Crippen LogP contribution < -0.4 is 0 Å². The van der Waals surface area contributed by atoms with Gasteiger partial charge in [0.2, 0.25) is 0 Å². The highest BCUT2D eigenvalue weighted by Gasteiger charge is 2.42. The van der Waals surface area contributed by atoms with Crippen LogP contribution in [0.4, 0.5) is 0 Å². The highest BCUT2D eigenvalue weighted by atomic mass is 28.4. The zero-order valence-electron chi connectivity index (χ0n) is 11.4. The van der Waals surface area contributed by atoms with Gasteiger partial charge in [-0.1, -0.05) is 13.2 Å². The summed E-state index contributed by atoms with van der Waals surface area (Å²) in [5, 5.41) is 17.8. The molecule has 19 heavy (non-hydrogen) atoms. The summed E-state index contributed by atoms with van der Waals surface area (Å²) in [4.78, 5) is 23.4. The van der Waals surface area contributed by atoms with Crippen LogP contribution in [-0.4, -0.2) is 39.4 Å². The molecule has 0 heterocycles. The lowest BCUT2D eigenvalue weighted by Crippen LogP contribution is -2.50. The molecule has 5 nitrogen and oxygen atoms in total. The molecule has 0 aromatic heterocycles. The second kappa shape index (κ2) is 7.30. The molecule has 0 saturated heterocycles. The third-order valence-electron chi connectivity index (χ3n) is 2.71. The van der Waals surface area contributed by atoms with Gasteiger partial charge in [0.15, 0.2) is 19.1 Å². The molecular weight excluding hydrogens is 278 g/mol. The van der Waals surface area contributed by atoms with E-state index >= 15 is 0 Å². The summed E-state index contributed by atoms with van der Waals surface area (Å²) >= 11 is 0. The number of carbonyl (C=O) groups excluding carboxylic acids is 2. The van der Waals surface area contributed by atoms with Gasteiger partial charge in [-0.2, -0.15) is 5.26 Å². The second-order valence-corrected chi connectivity index (χ2v) is 11.3. The molecule has 2 unspecified atom stereocenters. The summed E-state index contributed by atoms with van der Waals surface area (Å²) in [5.41, 5.74) is -0.710. The van der Waals surface area contributed by atoms with Gasteiger partial charge in [-0.3, -0.25) is 9.59 Å². The first-order valence-electron chi connectivity index (χ1n) is 5.79. The molecule has 0 aliphatic rings. The van der Waals surface area contributed by atoms with Crippen molar-refractivity contribution in [2.24, 2.45) is 0 Å². The molecular formula is C12H19NO4Si2. The van der Waals surface area contributed by atoms with Crippen molar-refractivity contribution in [3.05, 3.63) is 25.3 Å². The van der Waals surface area contributed by atoms with Crippen molar-refractivity contribution in [1.82, 2.24) is 0 Å². The molecule has 104 valence electrons. The summed E-state index contributed by atoms with van der Waals surface area (Å²) in [7, 11) is -5.58. The van der Waals surface area contributed by atoms with Crippen LogP contribution in [0.1, 0.15) is 6.92 Å². The Balaban J connectivity index is 5.28. The van der Waals surface area contributed by atoms with Crippen molar-refractivity contribution in [2.75, 3.05) is 0 Å². The fourth-order valence-corrected chi connectivity index (χ4v) is 7.82. The minimum absolute atomic E-state index is 0.437. The maximum Gasteiger partial charge on any atom is 0.321 e. The zero-order valence-corrected chi connectivity index (χ0v) is 13.6. The van der Waals surface area contributed by atoms with Crippen LogP contribution in [0.25, 0.3) is 0 Å². The third-order valence-corrected chi connectivity index (χ3v) is 9.70. The molecule has 0 saturated carbocycles. The second-order valence-electron chi connectivity index (χ2n) is 4.66. The highest BCUT2D eigenvalue weighted by Crippen LogP contribution is 2.27. The van der Waals surface area contributed by atoms with Crippen LogP contribution in [0, 0.1) is 11.3 Å². The van der Waals surface area contributed by atoms with Crippen LogP contribution in [0.15, 0.2) is 25.3 Å². The van der Waals surface area contributed by atoms with E-state index in [1.165, 1.54) is 6.92 Å². The lowest BCUT2D eigenvalue weighted by Gasteiger charge is -2.31. The zero-order chi connectivity index (χ0) is 15.2. The predicted octanol–water partition coefficient (Wildman–Crippen LogP) is 0.795. The minimum Gasteiger partial charge on any atom is -0.446 e. The van der Waals surface area contributed by atoms with Gasteiger partial charge in [-0.25, -0.2) is 0 Å². The van der Waals surface area contributed by atoms with E-state index in [1.54, 1.807) is 13.1 Å². The molecule has 0 radical (unpaired) electrons. The van der Waals surface area contributed by atoms with E-state index in [4.69, 9.17) is 9.38 Å². The van der Waals surface area contributed by atoms with Crippen LogP contribution in [0.5, 0.6) is 0 Å². The molecule has 0 bridgehead atoms. The molecule has 0 fully saturated rings. The smallest absolute Gasteiger partial charge is 0.321 e. The molecule has 0 aromatic rings. The van der Waals surface area contributed by atoms with Crippen LogP contribution >= 0.6 is 0 Å². The first-order valence-corrected chi connectivity index (χ1v) is 10.4. The van der Waals surface area contributed by atoms with Gasteiger partial charge in [0.05, 0.1) is 17.7 Å². The van der Waals surface area contributed by atoms with Gasteiger partial charge in [-0.15, -0.1) is 0 Å². The molecule has 0 spiro atoms. The molecule has 0 amide bonds. The Bertz CT molecular complexity index is 406. The molecule has 7 heteroatoms. The normalized spacial score (nSPS) is 14.3. The lowest BCUT2D eigenvalue weighted by molar-refractivity contribution is -0.112. The van der Waals surface area contributed by atoms with Gasteiger partial charge in [0.25, 0.3) is 0 Å². The fourth-order valence-electron chi connectivity index (χ4n) is 1.69. The summed E-state index contributed by atoms with van der Waals surface area (Å²) in [6, 6.07) is 2.00. The van der Waals surface area contributed by atoms with Crippen molar-refractivity contribution in [3.63, 3.8) is 0 Å². The maximum absolute atomic E-state index is 11.7. The standard InChI is InChI=1S/C12H19NO4Si2/c1-6-11(15)18(12(16)7-2)17-19(4,5)10(8-13)9(3)14/h6-7,9-10,14,18H,1-2H2,3-5H3.